The van der Waals surface area contributed by atoms with Crippen LogP contribution >= 0.6 is 0 Å². The molecular formula is C48H28F6N2. The van der Waals surface area contributed by atoms with Gasteiger partial charge >= 0.3 is 0 Å². The molecule has 0 amide bonds. The number of nitrogens with zero attached hydrogens (tertiary/aromatic N) is 2. The molecule has 0 fully saturated rings. The molecule has 56 heavy (non-hydrogen) atoms. The Kier molecular flexibility index (Phi) is 8.66. The quantitative estimate of drug-likeness (QED) is 0.0896. The molecule has 0 saturated heterocycles. The maximum Gasteiger partial charge on any atom is 0.200 e. The van der Waals surface area contributed by atoms with Crippen LogP contribution in [0, 0.1) is 34.9 Å². The molecule has 0 bridgehead atoms. The fraction of sp³-hybridized carbons (Fsp3) is 0. The molecular weight excluding hydrogens is 719 g/mol. The zero-order valence-electron chi connectivity index (χ0n) is 29.3. The standard InChI is InChI=1S/C48H28F6N2/c49-34-19-10-29(11-20-34)30-12-21-36(22-13-30)55(38-25-16-32(17-26-38)43-44(50)46(52)48(54)47(53)45(43)51)37-23-14-31(15-24-37)33-18-27-42-40(28-33)39-8-4-5-9-41(39)56(42)35-6-2-1-3-7-35/h1-28H. The molecule has 272 valence electrons. The van der Waals surface area contributed by atoms with E-state index in [4.69, 9.17) is 0 Å². The Balaban J connectivity index is 1.11. The third kappa shape index (κ3) is 5.96. The van der Waals surface area contributed by atoms with Crippen molar-refractivity contribution >= 4 is 38.9 Å². The Bertz CT molecular complexity index is 2860. The number of rotatable bonds is 7. The summed E-state index contributed by atoms with van der Waals surface area (Å²) in [5.41, 5.74) is 7.79. The van der Waals surface area contributed by atoms with Gasteiger partial charge in [0.1, 0.15) is 5.82 Å². The summed E-state index contributed by atoms with van der Waals surface area (Å²) in [6.07, 6.45) is 0. The van der Waals surface area contributed by atoms with E-state index in [1.165, 1.54) is 24.3 Å². The molecule has 0 aliphatic heterocycles. The fourth-order valence-corrected chi connectivity index (χ4v) is 7.34. The summed E-state index contributed by atoms with van der Waals surface area (Å²) in [6.45, 7) is 0. The average Bonchev–Trinajstić information content (AvgIpc) is 3.58. The van der Waals surface area contributed by atoms with E-state index in [1.54, 1.807) is 24.3 Å². The fourth-order valence-electron chi connectivity index (χ4n) is 7.34. The zero-order valence-corrected chi connectivity index (χ0v) is 29.3. The van der Waals surface area contributed by atoms with Crippen LogP contribution in [0.25, 0.3) is 60.9 Å². The molecule has 9 aromatic rings. The maximum atomic E-state index is 14.7. The van der Waals surface area contributed by atoms with Crippen LogP contribution in [0.1, 0.15) is 0 Å². The van der Waals surface area contributed by atoms with Gasteiger partial charge in [0.2, 0.25) is 5.82 Å². The van der Waals surface area contributed by atoms with Crippen molar-refractivity contribution in [1.29, 1.82) is 0 Å². The third-order valence-electron chi connectivity index (χ3n) is 10.1. The molecule has 1 heterocycles. The smallest absolute Gasteiger partial charge is 0.200 e. The third-order valence-corrected chi connectivity index (χ3v) is 10.1. The Morgan fingerprint density at radius 1 is 0.339 bits per heavy atom. The Labute approximate surface area is 317 Å². The molecule has 8 aromatic carbocycles. The highest BCUT2D eigenvalue weighted by Gasteiger charge is 2.27. The van der Waals surface area contributed by atoms with Gasteiger partial charge in [-0.05, 0) is 107 Å². The first-order valence-electron chi connectivity index (χ1n) is 17.7. The van der Waals surface area contributed by atoms with Gasteiger partial charge in [0.25, 0.3) is 0 Å². The van der Waals surface area contributed by atoms with E-state index < -0.39 is 34.6 Å². The van der Waals surface area contributed by atoms with Crippen LogP contribution in [0.4, 0.5) is 43.4 Å². The number of benzene rings is 8. The highest BCUT2D eigenvalue weighted by molar-refractivity contribution is 6.10. The van der Waals surface area contributed by atoms with E-state index in [1.807, 2.05) is 83.8 Å². The van der Waals surface area contributed by atoms with Gasteiger partial charge in [-0.1, -0.05) is 91.0 Å². The predicted octanol–water partition coefficient (Wildman–Crippen LogP) is 14.1. The largest absolute Gasteiger partial charge is 0.311 e. The van der Waals surface area contributed by atoms with Crippen LogP contribution in [-0.2, 0) is 0 Å². The van der Waals surface area contributed by atoms with Gasteiger partial charge in [-0.15, -0.1) is 0 Å². The van der Waals surface area contributed by atoms with Gasteiger partial charge in [-0.25, -0.2) is 26.3 Å². The molecule has 0 saturated carbocycles. The molecule has 0 spiro atoms. The molecule has 2 nitrogen and oxygen atoms in total. The molecule has 0 aliphatic carbocycles. The van der Waals surface area contributed by atoms with Crippen molar-refractivity contribution in [3.63, 3.8) is 0 Å². The van der Waals surface area contributed by atoms with Gasteiger partial charge in [-0.3, -0.25) is 0 Å². The van der Waals surface area contributed by atoms with E-state index in [9.17, 15) is 26.3 Å². The molecule has 8 heteroatoms. The summed E-state index contributed by atoms with van der Waals surface area (Å²) in [5.74, 6) is -10.4. The molecule has 0 radical (unpaired) electrons. The number of anilines is 3. The number of para-hydroxylation sites is 2. The van der Waals surface area contributed by atoms with Crippen LogP contribution < -0.4 is 4.90 Å². The SMILES string of the molecule is Fc1ccc(-c2ccc(N(c3ccc(-c4ccc5c(c4)c4ccccc4n5-c4ccccc4)cc3)c3ccc(-c4c(F)c(F)c(F)c(F)c4F)cc3)cc2)cc1. The van der Waals surface area contributed by atoms with Crippen LogP contribution in [0.15, 0.2) is 170 Å². The Morgan fingerprint density at radius 3 is 1.34 bits per heavy atom. The van der Waals surface area contributed by atoms with Crippen molar-refractivity contribution in [1.82, 2.24) is 4.57 Å². The van der Waals surface area contributed by atoms with Crippen molar-refractivity contribution in [3.8, 4) is 39.1 Å². The number of hydrogen-bond donors (Lipinski definition) is 0. The van der Waals surface area contributed by atoms with Gasteiger partial charge in [0.15, 0.2) is 23.3 Å². The zero-order chi connectivity index (χ0) is 38.5. The monoisotopic (exact) mass is 746 g/mol. The van der Waals surface area contributed by atoms with Crippen molar-refractivity contribution in [3.05, 3.63) is 205 Å². The first kappa shape index (κ1) is 34.7. The van der Waals surface area contributed by atoms with E-state index in [-0.39, 0.29) is 11.4 Å². The summed E-state index contributed by atoms with van der Waals surface area (Å²) in [5, 5.41) is 2.25. The Morgan fingerprint density at radius 2 is 0.768 bits per heavy atom. The molecule has 1 aromatic heterocycles. The summed E-state index contributed by atoms with van der Waals surface area (Å²) < 4.78 is 87.4. The molecule has 0 N–H and O–H groups in total. The lowest BCUT2D eigenvalue weighted by molar-refractivity contribution is 0.381. The van der Waals surface area contributed by atoms with Crippen LogP contribution in [0.2, 0.25) is 0 Å². The normalized spacial score (nSPS) is 11.4. The predicted molar refractivity (Wildman–Crippen MR) is 212 cm³/mol. The first-order chi connectivity index (χ1) is 27.3. The lowest BCUT2D eigenvalue weighted by atomic mass is 10.0. The van der Waals surface area contributed by atoms with Gasteiger partial charge in [-0.2, -0.15) is 0 Å². The van der Waals surface area contributed by atoms with Gasteiger partial charge in [0.05, 0.1) is 16.6 Å². The van der Waals surface area contributed by atoms with E-state index in [0.29, 0.717) is 5.69 Å². The second-order valence-electron chi connectivity index (χ2n) is 13.3. The lowest BCUT2D eigenvalue weighted by Gasteiger charge is -2.26. The van der Waals surface area contributed by atoms with Gasteiger partial charge in [0, 0.05) is 33.5 Å². The van der Waals surface area contributed by atoms with Crippen molar-refractivity contribution in [2.75, 3.05) is 4.90 Å². The second kappa shape index (κ2) is 14.0. The number of aromatic nitrogens is 1. The number of hydrogen-bond acceptors (Lipinski definition) is 1. The summed E-state index contributed by atoms with van der Waals surface area (Å²) in [7, 11) is 0. The highest BCUT2D eigenvalue weighted by atomic mass is 19.2. The van der Waals surface area contributed by atoms with Crippen LogP contribution in [0.5, 0.6) is 0 Å². The number of halogens is 6. The van der Waals surface area contributed by atoms with Crippen molar-refractivity contribution in [2.24, 2.45) is 0 Å². The summed E-state index contributed by atoms with van der Waals surface area (Å²) in [6, 6.07) is 52.4. The number of fused-ring (bicyclic) bond motifs is 3. The molecule has 0 atom stereocenters. The van der Waals surface area contributed by atoms with Gasteiger partial charge < -0.3 is 9.47 Å². The maximum absolute atomic E-state index is 14.7. The van der Waals surface area contributed by atoms with E-state index in [2.05, 4.69) is 47.0 Å². The van der Waals surface area contributed by atoms with Crippen molar-refractivity contribution in [2.45, 2.75) is 0 Å². The van der Waals surface area contributed by atoms with Crippen LogP contribution in [0.3, 0.4) is 0 Å². The minimum absolute atomic E-state index is 0.174. The van der Waals surface area contributed by atoms with E-state index >= 15 is 0 Å². The Hall–Kier alpha value is -7.06. The highest BCUT2D eigenvalue weighted by Crippen LogP contribution is 2.40. The molecule has 0 aliphatic rings. The lowest BCUT2D eigenvalue weighted by Crippen LogP contribution is -2.10. The summed E-state index contributed by atoms with van der Waals surface area (Å²) >= 11 is 0. The van der Waals surface area contributed by atoms with Crippen LogP contribution in [-0.4, -0.2) is 4.57 Å². The summed E-state index contributed by atoms with van der Waals surface area (Å²) in [4.78, 5) is 1.91. The molecule has 0 unspecified atom stereocenters. The van der Waals surface area contributed by atoms with Crippen molar-refractivity contribution < 1.29 is 26.3 Å². The molecule has 9 rings (SSSR count). The minimum Gasteiger partial charge on any atom is -0.311 e. The van der Waals surface area contributed by atoms with E-state index in [0.717, 1.165) is 61.1 Å². The average molecular weight is 747 g/mol. The minimum atomic E-state index is -2.21. The first-order valence-corrected chi connectivity index (χ1v) is 17.7. The second-order valence-corrected chi connectivity index (χ2v) is 13.3. The topological polar surface area (TPSA) is 8.17 Å².